The highest BCUT2D eigenvalue weighted by molar-refractivity contribution is 7.13. The van der Waals surface area contributed by atoms with Crippen molar-refractivity contribution in [2.45, 2.75) is 32.6 Å². The summed E-state index contributed by atoms with van der Waals surface area (Å²) in [5, 5.41) is 2.81. The van der Waals surface area contributed by atoms with Crippen LogP contribution in [0.3, 0.4) is 0 Å². The lowest BCUT2D eigenvalue weighted by Gasteiger charge is -2.18. The minimum Gasteiger partial charge on any atom is -0.346 e. The Morgan fingerprint density at radius 3 is 2.52 bits per heavy atom. The van der Waals surface area contributed by atoms with E-state index in [1.807, 2.05) is 17.3 Å². The van der Waals surface area contributed by atoms with E-state index in [1.54, 1.807) is 11.3 Å². The third-order valence-corrected chi connectivity index (χ3v) is 5.07. The quantitative estimate of drug-likeness (QED) is 0.852. The second kappa shape index (κ2) is 6.02. The Kier molecular flexibility index (Phi) is 4.10. The highest BCUT2D eigenvalue weighted by atomic mass is 32.1. The maximum absolute atomic E-state index is 12.6. The molecule has 0 saturated carbocycles. The maximum Gasteiger partial charge on any atom is 0.273 e. The van der Waals surface area contributed by atoms with Gasteiger partial charge in [-0.2, -0.15) is 0 Å². The molecular formula is C16H21N3OS. The fraction of sp³-hybridized carbons (Fsp3) is 0.500. The number of amides is 1. The molecule has 0 radical (unpaired) electrons. The number of hydrogen-bond acceptors (Lipinski definition) is 3. The number of thiazole rings is 1. The predicted molar refractivity (Wildman–Crippen MR) is 85.6 cm³/mol. The first-order chi connectivity index (χ1) is 10.2. The van der Waals surface area contributed by atoms with Crippen molar-refractivity contribution in [2.75, 3.05) is 13.1 Å². The Bertz CT molecular complexity index is 636. The topological polar surface area (TPSA) is 38.1 Å². The molecule has 5 heteroatoms. The van der Waals surface area contributed by atoms with Gasteiger partial charge < -0.3 is 9.47 Å². The molecule has 0 unspecified atom stereocenters. The van der Waals surface area contributed by atoms with Crippen molar-refractivity contribution in [1.29, 1.82) is 0 Å². The van der Waals surface area contributed by atoms with Crippen molar-refractivity contribution in [3.8, 4) is 10.7 Å². The van der Waals surface area contributed by atoms with E-state index in [9.17, 15) is 4.79 Å². The predicted octanol–water partition coefficient (Wildman–Crippen LogP) is 3.47. The van der Waals surface area contributed by atoms with E-state index in [4.69, 9.17) is 0 Å². The third-order valence-electron chi connectivity index (χ3n) is 4.21. The Labute approximate surface area is 129 Å². The van der Waals surface area contributed by atoms with Crippen molar-refractivity contribution in [1.82, 2.24) is 14.5 Å². The van der Waals surface area contributed by atoms with Crippen LogP contribution < -0.4 is 0 Å². The molecule has 2 aromatic rings. The summed E-state index contributed by atoms with van der Waals surface area (Å²) < 4.78 is 2.11. The molecule has 1 saturated heterocycles. The molecule has 1 amide bonds. The summed E-state index contributed by atoms with van der Waals surface area (Å²) in [7, 11) is 2.03. The second-order valence-electron chi connectivity index (χ2n) is 5.66. The van der Waals surface area contributed by atoms with E-state index in [0.29, 0.717) is 5.69 Å². The van der Waals surface area contributed by atoms with Gasteiger partial charge in [0.1, 0.15) is 10.7 Å². The van der Waals surface area contributed by atoms with Gasteiger partial charge in [-0.25, -0.2) is 4.98 Å². The van der Waals surface area contributed by atoms with Crippen molar-refractivity contribution in [3.05, 3.63) is 28.9 Å². The molecule has 0 aromatic carbocycles. The molecule has 3 heterocycles. The fourth-order valence-electron chi connectivity index (χ4n) is 2.75. The lowest BCUT2D eigenvalue weighted by molar-refractivity contribution is 0.0756. The van der Waals surface area contributed by atoms with Gasteiger partial charge in [-0.05, 0) is 31.9 Å². The van der Waals surface area contributed by atoms with Crippen LogP contribution in [-0.2, 0) is 7.05 Å². The van der Waals surface area contributed by atoms with Crippen LogP contribution in [0.5, 0.6) is 0 Å². The molecule has 2 aromatic heterocycles. The summed E-state index contributed by atoms with van der Waals surface area (Å²) in [6.07, 6.45) is 4.68. The number of carbonyl (C=O) groups is 1. The standard InChI is InChI=1S/C16H21N3OS/c1-12-7-8-14(18(12)2)15-17-13(11-21-15)16(20)19-9-5-3-4-6-10-19/h7-8,11H,3-6,9-10H2,1-2H3. The van der Waals surface area contributed by atoms with Gasteiger partial charge in [0.2, 0.25) is 0 Å². The molecule has 0 bridgehead atoms. The molecule has 3 rings (SSSR count). The van der Waals surface area contributed by atoms with E-state index >= 15 is 0 Å². The lowest BCUT2D eigenvalue weighted by atomic mass is 10.2. The number of likely N-dealkylation sites (tertiary alicyclic amines) is 1. The summed E-state index contributed by atoms with van der Waals surface area (Å²) in [4.78, 5) is 19.1. The van der Waals surface area contributed by atoms with Gasteiger partial charge in [-0.3, -0.25) is 4.79 Å². The summed E-state index contributed by atoms with van der Waals surface area (Å²) in [5.74, 6) is 0.0883. The molecule has 1 aliphatic heterocycles. The first kappa shape index (κ1) is 14.3. The summed E-state index contributed by atoms with van der Waals surface area (Å²) in [6.45, 7) is 3.81. The van der Waals surface area contributed by atoms with Crippen LogP contribution in [0, 0.1) is 6.92 Å². The zero-order valence-electron chi connectivity index (χ0n) is 12.6. The number of carbonyl (C=O) groups excluding carboxylic acids is 1. The summed E-state index contributed by atoms with van der Waals surface area (Å²) in [5.41, 5.74) is 2.86. The normalized spacial score (nSPS) is 16.0. The van der Waals surface area contributed by atoms with Crippen LogP contribution >= 0.6 is 11.3 Å². The Morgan fingerprint density at radius 1 is 1.19 bits per heavy atom. The average molecular weight is 303 g/mol. The van der Waals surface area contributed by atoms with Crippen molar-refractivity contribution in [2.24, 2.45) is 7.05 Å². The molecule has 0 aliphatic carbocycles. The molecule has 0 atom stereocenters. The zero-order chi connectivity index (χ0) is 14.8. The molecule has 21 heavy (non-hydrogen) atoms. The number of aromatic nitrogens is 2. The first-order valence-electron chi connectivity index (χ1n) is 7.54. The number of rotatable bonds is 2. The number of aryl methyl sites for hydroxylation is 1. The average Bonchev–Trinajstić information content (AvgIpc) is 2.97. The number of nitrogens with zero attached hydrogens (tertiary/aromatic N) is 3. The Morgan fingerprint density at radius 2 is 1.90 bits per heavy atom. The van der Waals surface area contributed by atoms with E-state index < -0.39 is 0 Å². The molecular weight excluding hydrogens is 282 g/mol. The summed E-state index contributed by atoms with van der Waals surface area (Å²) in [6, 6.07) is 4.14. The highest BCUT2D eigenvalue weighted by Gasteiger charge is 2.20. The third kappa shape index (κ3) is 2.88. The smallest absolute Gasteiger partial charge is 0.273 e. The van der Waals surface area contributed by atoms with Crippen LogP contribution in [0.15, 0.2) is 17.5 Å². The minimum absolute atomic E-state index is 0.0883. The van der Waals surface area contributed by atoms with Crippen LogP contribution in [0.4, 0.5) is 0 Å². The summed E-state index contributed by atoms with van der Waals surface area (Å²) >= 11 is 1.55. The van der Waals surface area contributed by atoms with Gasteiger partial charge in [0, 0.05) is 31.2 Å². The van der Waals surface area contributed by atoms with E-state index in [0.717, 1.165) is 36.6 Å². The Hall–Kier alpha value is -1.62. The van der Waals surface area contributed by atoms with Crippen LogP contribution in [0.25, 0.3) is 10.7 Å². The fourth-order valence-corrected chi connectivity index (χ4v) is 3.61. The lowest BCUT2D eigenvalue weighted by Crippen LogP contribution is -2.32. The van der Waals surface area contributed by atoms with Crippen LogP contribution in [0.1, 0.15) is 41.9 Å². The number of hydrogen-bond donors (Lipinski definition) is 0. The van der Waals surface area contributed by atoms with Gasteiger partial charge in [0.25, 0.3) is 5.91 Å². The van der Waals surface area contributed by atoms with E-state index in [1.165, 1.54) is 18.5 Å². The van der Waals surface area contributed by atoms with Gasteiger partial charge in [-0.15, -0.1) is 11.3 Å². The first-order valence-corrected chi connectivity index (χ1v) is 8.42. The zero-order valence-corrected chi connectivity index (χ0v) is 13.4. The monoisotopic (exact) mass is 303 g/mol. The molecule has 1 fully saturated rings. The van der Waals surface area contributed by atoms with Gasteiger partial charge in [0.15, 0.2) is 0 Å². The molecule has 4 nitrogen and oxygen atoms in total. The van der Waals surface area contributed by atoms with E-state index in [-0.39, 0.29) is 5.91 Å². The largest absolute Gasteiger partial charge is 0.346 e. The van der Waals surface area contributed by atoms with E-state index in [2.05, 4.69) is 28.6 Å². The van der Waals surface area contributed by atoms with Gasteiger partial charge in [0.05, 0.1) is 5.69 Å². The van der Waals surface area contributed by atoms with Crippen molar-refractivity contribution < 1.29 is 4.79 Å². The SMILES string of the molecule is Cc1ccc(-c2nc(C(=O)N3CCCCCC3)cs2)n1C. The molecule has 112 valence electrons. The second-order valence-corrected chi connectivity index (χ2v) is 6.52. The molecule has 1 aliphatic rings. The van der Waals surface area contributed by atoms with Gasteiger partial charge >= 0.3 is 0 Å². The van der Waals surface area contributed by atoms with Crippen molar-refractivity contribution in [3.63, 3.8) is 0 Å². The van der Waals surface area contributed by atoms with Crippen LogP contribution in [-0.4, -0.2) is 33.4 Å². The molecule has 0 N–H and O–H groups in total. The molecule has 0 spiro atoms. The minimum atomic E-state index is 0.0883. The van der Waals surface area contributed by atoms with Crippen molar-refractivity contribution >= 4 is 17.2 Å². The Balaban J connectivity index is 1.81. The maximum atomic E-state index is 12.6. The highest BCUT2D eigenvalue weighted by Crippen LogP contribution is 2.26. The van der Waals surface area contributed by atoms with Gasteiger partial charge in [-0.1, -0.05) is 12.8 Å². The van der Waals surface area contributed by atoms with Crippen LogP contribution in [0.2, 0.25) is 0 Å².